The summed E-state index contributed by atoms with van der Waals surface area (Å²) in [6.07, 6.45) is 1.53. The number of ether oxygens (including phenoxy) is 1. The second-order valence-corrected chi connectivity index (χ2v) is 9.59. The fourth-order valence-corrected chi connectivity index (χ4v) is 4.16. The minimum Gasteiger partial charge on any atom is -0.455 e. The summed E-state index contributed by atoms with van der Waals surface area (Å²) < 4.78 is 21.2. The number of benzene rings is 2. The maximum atomic E-state index is 13.9. The number of carbonyl (C=O) groups is 2. The second-order valence-electron chi connectivity index (χ2n) is 9.16. The minimum atomic E-state index is -1.04. The highest BCUT2D eigenvalue weighted by molar-refractivity contribution is 6.31. The number of carbonyl (C=O) groups excluding carboxylic acids is 2. The standard InChI is InChI=1S/C24H23ClFN3O3/c1-23(2,3)32-22(31)19-20-24(4,5)29(21(30)14-7-6-8-16(26)11-14)18-12-15(25)9-10-17(18)28(20)13-27-19/h6-13H,1-5H3. The normalized spacial score (nSPS) is 14.5. The molecule has 0 aliphatic carbocycles. The van der Waals surface area contributed by atoms with Gasteiger partial charge in [-0.25, -0.2) is 14.2 Å². The van der Waals surface area contributed by atoms with E-state index in [0.29, 0.717) is 22.1 Å². The van der Waals surface area contributed by atoms with Gasteiger partial charge in [-0.3, -0.25) is 14.3 Å². The Balaban J connectivity index is 1.94. The van der Waals surface area contributed by atoms with E-state index in [0.717, 1.165) is 0 Å². The van der Waals surface area contributed by atoms with Gasteiger partial charge in [-0.05, 0) is 71.0 Å². The number of imidazole rings is 1. The topological polar surface area (TPSA) is 64.4 Å². The van der Waals surface area contributed by atoms with Crippen LogP contribution >= 0.6 is 11.6 Å². The molecule has 0 saturated carbocycles. The van der Waals surface area contributed by atoms with Crippen molar-refractivity contribution in [1.29, 1.82) is 0 Å². The van der Waals surface area contributed by atoms with Crippen LogP contribution in [0.4, 0.5) is 10.1 Å². The summed E-state index contributed by atoms with van der Waals surface area (Å²) in [7, 11) is 0. The van der Waals surface area contributed by atoms with Crippen LogP contribution in [-0.2, 0) is 10.3 Å². The van der Waals surface area contributed by atoms with Gasteiger partial charge in [0.05, 0.1) is 22.6 Å². The zero-order chi connectivity index (χ0) is 23.4. The van der Waals surface area contributed by atoms with Gasteiger partial charge in [0.15, 0.2) is 5.69 Å². The van der Waals surface area contributed by atoms with Crippen molar-refractivity contribution in [2.75, 3.05) is 4.90 Å². The van der Waals surface area contributed by atoms with Crippen molar-refractivity contribution in [3.8, 4) is 5.69 Å². The number of rotatable bonds is 2. The number of fused-ring (bicyclic) bond motifs is 3. The summed E-state index contributed by atoms with van der Waals surface area (Å²) in [4.78, 5) is 32.5. The highest BCUT2D eigenvalue weighted by Crippen LogP contribution is 2.45. The van der Waals surface area contributed by atoms with Crippen molar-refractivity contribution >= 4 is 29.2 Å². The molecule has 0 spiro atoms. The lowest BCUT2D eigenvalue weighted by Crippen LogP contribution is -2.50. The number of esters is 1. The average molecular weight is 456 g/mol. The summed E-state index contributed by atoms with van der Waals surface area (Å²) in [6.45, 7) is 8.92. The summed E-state index contributed by atoms with van der Waals surface area (Å²) in [6, 6.07) is 10.6. The van der Waals surface area contributed by atoms with E-state index < -0.39 is 28.8 Å². The SMILES string of the molecule is CC(C)(C)OC(=O)c1ncn2c1C(C)(C)N(C(=O)c1cccc(F)c1)c1cc(Cl)ccc1-2. The fourth-order valence-electron chi connectivity index (χ4n) is 3.99. The lowest BCUT2D eigenvalue weighted by atomic mass is 9.90. The maximum absolute atomic E-state index is 13.9. The highest BCUT2D eigenvalue weighted by Gasteiger charge is 2.45. The van der Waals surface area contributed by atoms with E-state index in [1.807, 2.05) is 0 Å². The lowest BCUT2D eigenvalue weighted by molar-refractivity contribution is 0.00598. The highest BCUT2D eigenvalue weighted by atomic mass is 35.5. The van der Waals surface area contributed by atoms with E-state index in [1.165, 1.54) is 29.4 Å². The predicted octanol–water partition coefficient (Wildman–Crippen LogP) is 5.52. The average Bonchev–Trinajstić information content (AvgIpc) is 3.13. The molecule has 0 bridgehead atoms. The van der Waals surface area contributed by atoms with Crippen LogP contribution in [0.15, 0.2) is 48.8 Å². The summed E-state index contributed by atoms with van der Waals surface area (Å²) in [5, 5.41) is 0.438. The van der Waals surface area contributed by atoms with Crippen LogP contribution in [0, 0.1) is 5.82 Å². The van der Waals surface area contributed by atoms with E-state index >= 15 is 0 Å². The molecule has 6 nitrogen and oxygen atoms in total. The largest absolute Gasteiger partial charge is 0.455 e. The zero-order valence-electron chi connectivity index (χ0n) is 18.4. The Hall–Kier alpha value is -3.19. The Morgan fingerprint density at radius 1 is 1.09 bits per heavy atom. The van der Waals surface area contributed by atoms with Crippen molar-refractivity contribution in [1.82, 2.24) is 9.55 Å². The first-order valence-electron chi connectivity index (χ1n) is 10.1. The van der Waals surface area contributed by atoms with Gasteiger partial charge in [-0.1, -0.05) is 17.7 Å². The summed E-state index contributed by atoms with van der Waals surface area (Å²) in [5.41, 5.74) is 0.177. The fraction of sp³-hybridized carbons (Fsp3) is 0.292. The molecule has 1 aliphatic heterocycles. The number of aromatic nitrogens is 2. The van der Waals surface area contributed by atoms with E-state index in [-0.39, 0.29) is 11.3 Å². The second kappa shape index (κ2) is 7.45. The molecular weight excluding hydrogens is 433 g/mol. The Morgan fingerprint density at radius 2 is 1.81 bits per heavy atom. The van der Waals surface area contributed by atoms with Gasteiger partial charge in [0, 0.05) is 10.6 Å². The third-order valence-corrected chi connectivity index (χ3v) is 5.45. The van der Waals surface area contributed by atoms with Crippen LogP contribution in [-0.4, -0.2) is 27.0 Å². The van der Waals surface area contributed by atoms with Crippen LogP contribution < -0.4 is 4.90 Å². The van der Waals surface area contributed by atoms with Crippen LogP contribution in [0.25, 0.3) is 5.69 Å². The molecule has 0 unspecified atom stereocenters. The smallest absolute Gasteiger partial charge is 0.359 e. The molecule has 1 aliphatic rings. The van der Waals surface area contributed by atoms with Crippen molar-refractivity contribution < 1.29 is 18.7 Å². The van der Waals surface area contributed by atoms with E-state index in [4.69, 9.17) is 16.3 Å². The predicted molar refractivity (Wildman–Crippen MR) is 120 cm³/mol. The van der Waals surface area contributed by atoms with Crippen LogP contribution in [0.1, 0.15) is 61.2 Å². The summed E-state index contributed by atoms with van der Waals surface area (Å²) >= 11 is 6.27. The molecule has 166 valence electrons. The van der Waals surface area contributed by atoms with Crippen molar-refractivity contribution in [2.24, 2.45) is 0 Å². The van der Waals surface area contributed by atoms with E-state index in [9.17, 15) is 14.0 Å². The number of anilines is 1. The van der Waals surface area contributed by atoms with Crippen LogP contribution in [0.3, 0.4) is 0 Å². The van der Waals surface area contributed by atoms with E-state index in [1.54, 1.807) is 63.5 Å². The molecule has 8 heteroatoms. The number of halogens is 2. The Kier molecular flexibility index (Phi) is 5.12. The van der Waals surface area contributed by atoms with Crippen LogP contribution in [0.5, 0.6) is 0 Å². The molecule has 0 radical (unpaired) electrons. The van der Waals surface area contributed by atoms with Crippen molar-refractivity contribution in [3.05, 3.63) is 76.6 Å². The molecular formula is C24H23ClFN3O3. The van der Waals surface area contributed by atoms with E-state index in [2.05, 4.69) is 4.98 Å². The molecule has 0 saturated heterocycles. The van der Waals surface area contributed by atoms with Gasteiger partial charge < -0.3 is 4.74 Å². The first-order valence-corrected chi connectivity index (χ1v) is 10.5. The maximum Gasteiger partial charge on any atom is 0.359 e. The molecule has 2 aromatic carbocycles. The molecule has 0 N–H and O–H groups in total. The van der Waals surface area contributed by atoms with Gasteiger partial charge >= 0.3 is 5.97 Å². The first kappa shape index (κ1) is 22.0. The number of hydrogen-bond donors (Lipinski definition) is 0. The van der Waals surface area contributed by atoms with Crippen molar-refractivity contribution in [2.45, 2.75) is 45.8 Å². The third-order valence-electron chi connectivity index (χ3n) is 5.21. The van der Waals surface area contributed by atoms with Gasteiger partial charge in [0.25, 0.3) is 5.91 Å². The first-order chi connectivity index (χ1) is 14.9. The molecule has 0 fully saturated rings. The van der Waals surface area contributed by atoms with Crippen LogP contribution in [0.2, 0.25) is 5.02 Å². The van der Waals surface area contributed by atoms with Gasteiger partial charge in [0.1, 0.15) is 17.7 Å². The molecule has 1 amide bonds. The van der Waals surface area contributed by atoms with Gasteiger partial charge in [-0.15, -0.1) is 0 Å². The number of hydrogen-bond acceptors (Lipinski definition) is 4. The Labute approximate surface area is 190 Å². The minimum absolute atomic E-state index is 0.113. The van der Waals surface area contributed by atoms with Gasteiger partial charge in [-0.2, -0.15) is 0 Å². The van der Waals surface area contributed by atoms with Crippen molar-refractivity contribution in [3.63, 3.8) is 0 Å². The van der Waals surface area contributed by atoms with Gasteiger partial charge in [0.2, 0.25) is 0 Å². The zero-order valence-corrected chi connectivity index (χ0v) is 19.2. The molecule has 2 heterocycles. The number of nitrogens with zero attached hydrogens (tertiary/aromatic N) is 3. The third kappa shape index (κ3) is 3.66. The molecule has 1 aromatic heterocycles. The molecule has 0 atom stereocenters. The Morgan fingerprint density at radius 3 is 2.47 bits per heavy atom. The Bertz CT molecular complexity index is 1240. The number of amides is 1. The monoisotopic (exact) mass is 455 g/mol. The molecule has 4 rings (SSSR count). The molecule has 32 heavy (non-hydrogen) atoms. The quantitative estimate of drug-likeness (QED) is 0.477. The molecule has 3 aromatic rings. The lowest BCUT2D eigenvalue weighted by Gasteiger charge is -2.44. The summed E-state index contributed by atoms with van der Waals surface area (Å²) in [5.74, 6) is -1.54.